The van der Waals surface area contributed by atoms with E-state index < -0.39 is 11.7 Å². The van der Waals surface area contributed by atoms with Gasteiger partial charge in [-0.1, -0.05) is 76.6 Å². The van der Waals surface area contributed by atoms with Gasteiger partial charge in [0, 0.05) is 5.56 Å². The van der Waals surface area contributed by atoms with Crippen LogP contribution < -0.4 is 0 Å². The molecule has 2 aromatic carbocycles. The Labute approximate surface area is 137 Å². The van der Waals surface area contributed by atoms with Crippen LogP contribution in [0.5, 0.6) is 0 Å². The van der Waals surface area contributed by atoms with Crippen LogP contribution in [0.25, 0.3) is 0 Å². The van der Waals surface area contributed by atoms with Gasteiger partial charge in [0.2, 0.25) is 0 Å². The Morgan fingerprint density at radius 1 is 1.14 bits per heavy atom. The zero-order chi connectivity index (χ0) is 15.6. The van der Waals surface area contributed by atoms with Gasteiger partial charge in [0.05, 0.1) is 4.83 Å². The van der Waals surface area contributed by atoms with Crippen LogP contribution in [0.15, 0.2) is 60.7 Å². The first-order chi connectivity index (χ1) is 10.7. The summed E-state index contributed by atoms with van der Waals surface area (Å²) in [5.74, 6) is -0.0851. The van der Waals surface area contributed by atoms with Gasteiger partial charge in [-0.25, -0.2) is 0 Å². The smallest absolute Gasteiger partial charge is 0.192 e. The standard InChI is InChI=1S/C18H14BrNO2/c19-16-11-15(17(21)13-7-3-1-4-8-13)22-18(16,12-20)14-9-5-2-6-10-14/h1-10,15-16H,11H2/t15-,16-,18+/m0/s1. The summed E-state index contributed by atoms with van der Waals surface area (Å²) in [6.07, 6.45) is -0.150. The fourth-order valence-electron chi connectivity index (χ4n) is 2.74. The number of carbonyl (C=O) groups excluding carboxylic acids is 1. The predicted octanol–water partition coefficient (Wildman–Crippen LogP) is 3.84. The second-order valence-corrected chi connectivity index (χ2v) is 6.36. The molecular weight excluding hydrogens is 342 g/mol. The Morgan fingerprint density at radius 3 is 2.32 bits per heavy atom. The Bertz CT molecular complexity index is 711. The number of hydrogen-bond donors (Lipinski definition) is 0. The number of hydrogen-bond acceptors (Lipinski definition) is 3. The Balaban J connectivity index is 1.91. The quantitative estimate of drug-likeness (QED) is 0.620. The van der Waals surface area contributed by atoms with Crippen molar-refractivity contribution in [2.75, 3.05) is 0 Å². The first-order valence-corrected chi connectivity index (χ1v) is 7.97. The van der Waals surface area contributed by atoms with E-state index in [2.05, 4.69) is 22.0 Å². The summed E-state index contributed by atoms with van der Waals surface area (Å²) in [4.78, 5) is 12.3. The normalized spacial score (nSPS) is 27.3. The Kier molecular flexibility index (Phi) is 4.10. The van der Waals surface area contributed by atoms with Gasteiger partial charge in [-0.15, -0.1) is 0 Å². The number of benzene rings is 2. The van der Waals surface area contributed by atoms with Crippen molar-refractivity contribution in [1.29, 1.82) is 5.26 Å². The first kappa shape index (κ1) is 15.0. The maximum Gasteiger partial charge on any atom is 0.192 e. The van der Waals surface area contributed by atoms with Crippen LogP contribution in [-0.4, -0.2) is 16.7 Å². The minimum Gasteiger partial charge on any atom is -0.343 e. The summed E-state index contributed by atoms with van der Waals surface area (Å²) >= 11 is 3.54. The van der Waals surface area contributed by atoms with Crippen LogP contribution in [0.1, 0.15) is 22.3 Å². The molecule has 110 valence electrons. The van der Waals surface area contributed by atoms with Gasteiger partial charge in [0.15, 0.2) is 11.4 Å². The summed E-state index contributed by atoms with van der Waals surface area (Å²) in [6.45, 7) is 0. The van der Waals surface area contributed by atoms with Crippen LogP contribution in [0.4, 0.5) is 0 Å². The fourth-order valence-corrected chi connectivity index (χ4v) is 3.56. The number of alkyl halides is 1. The summed E-state index contributed by atoms with van der Waals surface area (Å²) in [6, 6.07) is 20.6. The Morgan fingerprint density at radius 2 is 1.73 bits per heavy atom. The molecule has 0 radical (unpaired) electrons. The Hall–Kier alpha value is -1.96. The van der Waals surface area contributed by atoms with E-state index in [0.29, 0.717) is 12.0 Å². The highest BCUT2D eigenvalue weighted by Gasteiger charge is 2.51. The van der Waals surface area contributed by atoms with Crippen LogP contribution in [-0.2, 0) is 10.3 Å². The highest BCUT2D eigenvalue weighted by atomic mass is 79.9. The molecule has 1 aliphatic heterocycles. The van der Waals surface area contributed by atoms with E-state index >= 15 is 0 Å². The molecule has 1 fully saturated rings. The van der Waals surface area contributed by atoms with Crippen molar-refractivity contribution < 1.29 is 9.53 Å². The van der Waals surface area contributed by atoms with Gasteiger partial charge in [0.25, 0.3) is 0 Å². The van der Waals surface area contributed by atoms with Crippen molar-refractivity contribution >= 4 is 21.7 Å². The van der Waals surface area contributed by atoms with Gasteiger partial charge in [0.1, 0.15) is 12.2 Å². The van der Waals surface area contributed by atoms with Crippen molar-refractivity contribution in [2.24, 2.45) is 0 Å². The molecule has 0 aliphatic carbocycles. The van der Waals surface area contributed by atoms with Crippen molar-refractivity contribution in [2.45, 2.75) is 23.0 Å². The van der Waals surface area contributed by atoms with E-state index in [9.17, 15) is 10.1 Å². The van der Waals surface area contributed by atoms with Gasteiger partial charge in [-0.3, -0.25) is 4.79 Å². The molecular formula is C18H14BrNO2. The van der Waals surface area contributed by atoms with Crippen LogP contribution in [0, 0.1) is 11.3 Å². The third-order valence-corrected chi connectivity index (χ3v) is 4.93. The number of carbonyl (C=O) groups is 1. The lowest BCUT2D eigenvalue weighted by atomic mass is 9.92. The highest BCUT2D eigenvalue weighted by molar-refractivity contribution is 9.09. The fraction of sp³-hybridized carbons (Fsp3) is 0.222. The SMILES string of the molecule is N#C[C@]1(c2ccccc2)O[C@H](C(=O)c2ccccc2)C[C@@H]1Br. The molecule has 0 bridgehead atoms. The topological polar surface area (TPSA) is 50.1 Å². The monoisotopic (exact) mass is 355 g/mol. The molecule has 2 aromatic rings. The van der Waals surface area contributed by atoms with Crippen molar-refractivity contribution in [3.8, 4) is 6.07 Å². The lowest BCUT2D eigenvalue weighted by Crippen LogP contribution is -2.32. The molecule has 0 aromatic heterocycles. The molecule has 0 spiro atoms. The average molecular weight is 356 g/mol. The number of ketones is 1. The molecule has 4 heteroatoms. The predicted molar refractivity (Wildman–Crippen MR) is 86.7 cm³/mol. The molecule has 22 heavy (non-hydrogen) atoms. The second-order valence-electron chi connectivity index (χ2n) is 5.25. The largest absolute Gasteiger partial charge is 0.343 e. The van der Waals surface area contributed by atoms with E-state index in [0.717, 1.165) is 5.56 Å². The van der Waals surface area contributed by atoms with E-state index in [-0.39, 0.29) is 10.6 Å². The molecule has 1 saturated heterocycles. The van der Waals surface area contributed by atoms with Crippen LogP contribution in [0.2, 0.25) is 0 Å². The third-order valence-electron chi connectivity index (χ3n) is 3.91. The maximum atomic E-state index is 12.6. The maximum absolute atomic E-state index is 12.6. The zero-order valence-corrected chi connectivity index (χ0v) is 13.4. The summed E-state index contributed by atoms with van der Waals surface area (Å²) in [5, 5.41) is 9.69. The molecule has 1 aliphatic rings. The summed E-state index contributed by atoms with van der Waals surface area (Å²) < 4.78 is 5.96. The lowest BCUT2D eigenvalue weighted by molar-refractivity contribution is 0.00296. The van der Waals surface area contributed by atoms with Crippen molar-refractivity contribution in [3.05, 3.63) is 71.8 Å². The number of nitrogens with zero attached hydrogens (tertiary/aromatic N) is 1. The van der Waals surface area contributed by atoms with Crippen molar-refractivity contribution in [1.82, 2.24) is 0 Å². The first-order valence-electron chi connectivity index (χ1n) is 7.05. The van der Waals surface area contributed by atoms with E-state index in [1.54, 1.807) is 12.1 Å². The van der Waals surface area contributed by atoms with E-state index in [4.69, 9.17) is 4.74 Å². The van der Waals surface area contributed by atoms with E-state index in [1.807, 2.05) is 48.5 Å². The summed E-state index contributed by atoms with van der Waals surface area (Å²) in [7, 11) is 0. The van der Waals surface area contributed by atoms with Gasteiger partial charge in [-0.2, -0.15) is 5.26 Å². The van der Waals surface area contributed by atoms with Gasteiger partial charge < -0.3 is 4.74 Å². The molecule has 0 saturated carbocycles. The molecule has 3 rings (SSSR count). The zero-order valence-electron chi connectivity index (χ0n) is 11.8. The lowest BCUT2D eigenvalue weighted by Gasteiger charge is -2.24. The molecule has 3 atom stereocenters. The van der Waals surface area contributed by atoms with Crippen molar-refractivity contribution in [3.63, 3.8) is 0 Å². The van der Waals surface area contributed by atoms with E-state index in [1.165, 1.54) is 0 Å². The minimum absolute atomic E-state index is 0.0851. The molecule has 1 heterocycles. The summed E-state index contributed by atoms with van der Waals surface area (Å²) in [5.41, 5.74) is 0.243. The number of halogens is 1. The molecule has 0 unspecified atom stereocenters. The van der Waals surface area contributed by atoms with Crippen LogP contribution in [0.3, 0.4) is 0 Å². The molecule has 3 nitrogen and oxygen atoms in total. The molecule has 0 N–H and O–H groups in total. The van der Waals surface area contributed by atoms with Gasteiger partial charge in [-0.05, 0) is 12.0 Å². The third kappa shape index (κ3) is 2.47. The highest BCUT2D eigenvalue weighted by Crippen LogP contribution is 2.44. The van der Waals surface area contributed by atoms with Gasteiger partial charge >= 0.3 is 0 Å². The van der Waals surface area contributed by atoms with Crippen LogP contribution >= 0.6 is 15.9 Å². The number of Topliss-reactive ketones (excluding diaryl/α,β-unsaturated/α-hetero) is 1. The molecule has 0 amide bonds. The number of rotatable bonds is 3. The second kappa shape index (κ2) is 6.04. The number of ether oxygens (including phenoxy) is 1. The number of nitriles is 1. The minimum atomic E-state index is -1.13. The average Bonchev–Trinajstić information content (AvgIpc) is 2.93.